The molecule has 6 heteroatoms. The number of ether oxygens (including phenoxy) is 1. The van der Waals surface area contributed by atoms with Crippen LogP contribution in [0.1, 0.15) is 18.7 Å². The molecule has 16 heavy (non-hydrogen) atoms. The second-order valence-corrected chi connectivity index (χ2v) is 5.10. The minimum atomic E-state index is -0.159. The van der Waals surface area contributed by atoms with Crippen molar-refractivity contribution >= 4 is 17.7 Å². The van der Waals surface area contributed by atoms with Gasteiger partial charge in [-0.25, -0.2) is 0 Å². The lowest BCUT2D eigenvalue weighted by molar-refractivity contribution is -0.140. The van der Waals surface area contributed by atoms with Crippen LogP contribution in [-0.2, 0) is 16.6 Å². The molecule has 1 atom stereocenters. The van der Waals surface area contributed by atoms with E-state index in [0.29, 0.717) is 5.92 Å². The molecule has 1 aromatic rings. The molecule has 0 amide bonds. The highest BCUT2D eigenvalue weighted by atomic mass is 32.2. The molecule has 1 aliphatic rings. The summed E-state index contributed by atoms with van der Waals surface area (Å²) in [5.41, 5.74) is 0. The minimum Gasteiger partial charge on any atom is -0.468 e. The molecule has 1 heterocycles. The third kappa shape index (κ3) is 2.21. The van der Waals surface area contributed by atoms with Gasteiger partial charge in [0, 0.05) is 7.05 Å². The van der Waals surface area contributed by atoms with Gasteiger partial charge in [-0.3, -0.25) is 4.79 Å². The Hall–Kier alpha value is -1.04. The zero-order chi connectivity index (χ0) is 11.7. The molecular weight excluding hydrogens is 226 g/mol. The maximum absolute atomic E-state index is 11.6. The van der Waals surface area contributed by atoms with Crippen molar-refractivity contribution in [3.8, 4) is 0 Å². The Bertz CT molecular complexity index is 401. The van der Waals surface area contributed by atoms with Gasteiger partial charge in [-0.15, -0.1) is 10.2 Å². The Balaban J connectivity index is 2.11. The Labute approximate surface area is 98.6 Å². The van der Waals surface area contributed by atoms with Crippen LogP contribution in [0.25, 0.3) is 0 Å². The fraction of sp³-hybridized carbons (Fsp3) is 0.700. The standard InChI is InChI=1S/C10H15N3O2S/c1-6-11-12-10(13(6)2)16-8(7-4-5-7)9(14)15-3/h7-8H,4-5H2,1-3H3. The van der Waals surface area contributed by atoms with Crippen LogP contribution in [-0.4, -0.2) is 33.1 Å². The Kier molecular flexibility index (Phi) is 3.18. The molecule has 1 aromatic heterocycles. The van der Waals surface area contributed by atoms with Gasteiger partial charge in [-0.2, -0.15) is 0 Å². The largest absolute Gasteiger partial charge is 0.468 e. The molecule has 0 bridgehead atoms. The van der Waals surface area contributed by atoms with Crippen LogP contribution in [0.15, 0.2) is 5.16 Å². The van der Waals surface area contributed by atoms with Crippen molar-refractivity contribution in [2.75, 3.05) is 7.11 Å². The van der Waals surface area contributed by atoms with Crippen molar-refractivity contribution in [1.29, 1.82) is 0 Å². The van der Waals surface area contributed by atoms with Gasteiger partial charge in [0.1, 0.15) is 11.1 Å². The van der Waals surface area contributed by atoms with Gasteiger partial charge < -0.3 is 9.30 Å². The van der Waals surface area contributed by atoms with Crippen LogP contribution in [0.3, 0.4) is 0 Å². The van der Waals surface area contributed by atoms with Crippen LogP contribution in [0.2, 0.25) is 0 Å². The molecule has 1 unspecified atom stereocenters. The van der Waals surface area contributed by atoms with E-state index < -0.39 is 0 Å². The second-order valence-electron chi connectivity index (χ2n) is 3.99. The van der Waals surface area contributed by atoms with Crippen molar-refractivity contribution in [3.05, 3.63) is 5.82 Å². The predicted molar refractivity (Wildman–Crippen MR) is 60.1 cm³/mol. The van der Waals surface area contributed by atoms with Gasteiger partial charge in [-0.05, 0) is 25.7 Å². The molecular formula is C10H15N3O2S. The molecule has 1 fully saturated rings. The first-order chi connectivity index (χ1) is 7.63. The summed E-state index contributed by atoms with van der Waals surface area (Å²) < 4.78 is 6.71. The molecule has 0 aromatic carbocycles. The quantitative estimate of drug-likeness (QED) is 0.585. The smallest absolute Gasteiger partial charge is 0.319 e. The van der Waals surface area contributed by atoms with Crippen molar-refractivity contribution in [1.82, 2.24) is 14.8 Å². The van der Waals surface area contributed by atoms with E-state index in [1.165, 1.54) is 18.9 Å². The fourth-order valence-corrected chi connectivity index (χ4v) is 2.72. The maximum atomic E-state index is 11.6. The highest BCUT2D eigenvalue weighted by Gasteiger charge is 2.38. The summed E-state index contributed by atoms with van der Waals surface area (Å²) >= 11 is 1.45. The lowest BCUT2D eigenvalue weighted by atomic mass is 10.3. The minimum absolute atomic E-state index is 0.132. The van der Waals surface area contributed by atoms with Crippen LogP contribution in [0.5, 0.6) is 0 Å². The lowest BCUT2D eigenvalue weighted by Crippen LogP contribution is -2.21. The van der Waals surface area contributed by atoms with E-state index in [4.69, 9.17) is 4.74 Å². The van der Waals surface area contributed by atoms with E-state index in [9.17, 15) is 4.79 Å². The zero-order valence-electron chi connectivity index (χ0n) is 9.64. The summed E-state index contributed by atoms with van der Waals surface area (Å²) in [6.07, 6.45) is 2.20. The summed E-state index contributed by atoms with van der Waals surface area (Å²) in [5, 5.41) is 8.67. The van der Waals surface area contributed by atoms with Gasteiger partial charge in [-0.1, -0.05) is 11.8 Å². The van der Waals surface area contributed by atoms with E-state index in [0.717, 1.165) is 23.8 Å². The SMILES string of the molecule is COC(=O)C(Sc1nnc(C)n1C)C1CC1. The molecule has 1 saturated carbocycles. The fourth-order valence-electron chi connectivity index (χ4n) is 1.46. The number of rotatable bonds is 4. The monoisotopic (exact) mass is 241 g/mol. The lowest BCUT2D eigenvalue weighted by Gasteiger charge is -2.12. The van der Waals surface area contributed by atoms with Gasteiger partial charge in [0.05, 0.1) is 7.11 Å². The van der Waals surface area contributed by atoms with E-state index in [1.54, 1.807) is 0 Å². The van der Waals surface area contributed by atoms with Crippen LogP contribution in [0, 0.1) is 12.8 Å². The normalized spacial score (nSPS) is 17.2. The number of hydrogen-bond donors (Lipinski definition) is 0. The third-order valence-electron chi connectivity index (χ3n) is 2.77. The number of carbonyl (C=O) groups is 1. The molecule has 88 valence electrons. The van der Waals surface area contributed by atoms with Gasteiger partial charge >= 0.3 is 5.97 Å². The van der Waals surface area contributed by atoms with Crippen LogP contribution >= 0.6 is 11.8 Å². The Morgan fingerprint density at radius 3 is 2.69 bits per heavy atom. The number of thioether (sulfide) groups is 1. The van der Waals surface area contributed by atoms with E-state index in [2.05, 4.69) is 10.2 Å². The summed E-state index contributed by atoms with van der Waals surface area (Å²) in [4.78, 5) is 11.6. The number of carbonyl (C=O) groups excluding carboxylic acids is 1. The predicted octanol–water partition coefficient (Wildman–Crippen LogP) is 1.17. The number of methoxy groups -OCH3 is 1. The first kappa shape index (κ1) is 11.4. The summed E-state index contributed by atoms with van der Waals surface area (Å²) in [6, 6.07) is 0. The van der Waals surface area contributed by atoms with Crippen molar-refractivity contribution in [2.24, 2.45) is 13.0 Å². The third-order valence-corrected chi connectivity index (χ3v) is 4.17. The number of aromatic nitrogens is 3. The second kappa shape index (κ2) is 4.45. The molecule has 0 radical (unpaired) electrons. The van der Waals surface area contributed by atoms with Gasteiger partial charge in [0.2, 0.25) is 0 Å². The van der Waals surface area contributed by atoms with Crippen molar-refractivity contribution in [2.45, 2.75) is 30.2 Å². The Morgan fingerprint density at radius 1 is 1.56 bits per heavy atom. The zero-order valence-corrected chi connectivity index (χ0v) is 10.5. The van der Waals surface area contributed by atoms with Crippen LogP contribution < -0.4 is 0 Å². The molecule has 1 aliphatic carbocycles. The molecule has 5 nitrogen and oxygen atoms in total. The average Bonchev–Trinajstić information content (AvgIpc) is 3.07. The first-order valence-corrected chi connectivity index (χ1v) is 6.12. The summed E-state index contributed by atoms with van der Waals surface area (Å²) in [5.74, 6) is 1.13. The summed E-state index contributed by atoms with van der Waals surface area (Å²) in [7, 11) is 3.33. The Morgan fingerprint density at radius 2 is 2.25 bits per heavy atom. The van der Waals surface area contributed by atoms with Gasteiger partial charge in [0.15, 0.2) is 5.16 Å². The number of esters is 1. The van der Waals surface area contributed by atoms with Crippen LogP contribution in [0.4, 0.5) is 0 Å². The van der Waals surface area contributed by atoms with Crippen molar-refractivity contribution < 1.29 is 9.53 Å². The first-order valence-electron chi connectivity index (χ1n) is 5.24. The van der Waals surface area contributed by atoms with Crippen molar-refractivity contribution in [3.63, 3.8) is 0 Å². The van der Waals surface area contributed by atoms with E-state index >= 15 is 0 Å². The molecule has 0 N–H and O–H groups in total. The average molecular weight is 241 g/mol. The number of nitrogens with zero attached hydrogens (tertiary/aromatic N) is 3. The summed E-state index contributed by atoms with van der Waals surface area (Å²) in [6.45, 7) is 1.89. The number of aryl methyl sites for hydroxylation is 1. The number of hydrogen-bond acceptors (Lipinski definition) is 5. The van der Waals surface area contributed by atoms with Gasteiger partial charge in [0.25, 0.3) is 0 Å². The molecule has 0 spiro atoms. The van der Waals surface area contributed by atoms with E-state index in [-0.39, 0.29) is 11.2 Å². The molecule has 0 aliphatic heterocycles. The van der Waals surface area contributed by atoms with E-state index in [1.807, 2.05) is 18.5 Å². The molecule has 2 rings (SSSR count). The highest BCUT2D eigenvalue weighted by molar-refractivity contribution is 8.00. The molecule has 0 saturated heterocycles. The topological polar surface area (TPSA) is 57.0 Å². The maximum Gasteiger partial charge on any atom is 0.319 e. The highest BCUT2D eigenvalue weighted by Crippen LogP contribution is 2.41.